The summed E-state index contributed by atoms with van der Waals surface area (Å²) in [5.41, 5.74) is 0.397. The van der Waals surface area contributed by atoms with Gasteiger partial charge in [-0.2, -0.15) is 0 Å². The normalized spacial score (nSPS) is 18.4. The number of rotatable bonds is 0. The van der Waals surface area contributed by atoms with Crippen molar-refractivity contribution < 1.29 is 23.4 Å². The number of hydrogen-bond donors (Lipinski definition) is 0. The second-order valence-corrected chi connectivity index (χ2v) is 5.96. The average Bonchev–Trinajstić information content (AvgIpc) is 2.30. The van der Waals surface area contributed by atoms with Gasteiger partial charge in [-0.3, -0.25) is 0 Å². The van der Waals surface area contributed by atoms with Gasteiger partial charge in [-0.25, -0.2) is 0 Å². The number of carbonyl (C=O) groups is 3. The molecule has 80 valence electrons. The first kappa shape index (κ1) is 9.66. The molecule has 7 heteroatoms. The van der Waals surface area contributed by atoms with E-state index < -0.39 is 39.4 Å². The van der Waals surface area contributed by atoms with E-state index in [-0.39, 0.29) is 16.7 Å². The third-order valence-corrected chi connectivity index (χ3v) is 4.86. The van der Waals surface area contributed by atoms with Crippen LogP contribution in [-0.4, -0.2) is 39.4 Å². The van der Waals surface area contributed by atoms with Gasteiger partial charge in [0.05, 0.1) is 0 Å². The summed E-state index contributed by atoms with van der Waals surface area (Å²) in [6, 6.07) is 4.07. The van der Waals surface area contributed by atoms with Crippen molar-refractivity contribution in [2.45, 2.75) is 0 Å². The molecule has 3 bridgehead atoms. The maximum absolute atomic E-state index is 11.6. The van der Waals surface area contributed by atoms with Crippen LogP contribution in [0, 0.1) is 0 Å². The Bertz CT molecular complexity index is 532. The van der Waals surface area contributed by atoms with Gasteiger partial charge in [0.25, 0.3) is 0 Å². The molecule has 0 aromatic heterocycles. The molecule has 0 amide bonds. The first-order chi connectivity index (χ1) is 7.65. The summed E-state index contributed by atoms with van der Waals surface area (Å²) in [6.07, 6.45) is 0. The van der Waals surface area contributed by atoms with Crippen LogP contribution in [0.2, 0.25) is 0 Å². The maximum atomic E-state index is 11.6. The number of hydrogen-bond acceptors (Lipinski definition) is 6. The standard InChI is InChI=1S/C9H6O6.Sb/c10-7(11)4-1-2-5(8(12)13)6(3-4)9(14)15;/h1-3H,(H,10,11)(H,12,13)(H,14,15);/q;+3/p-3. The Morgan fingerprint density at radius 3 is 2.19 bits per heavy atom. The van der Waals surface area contributed by atoms with Crippen molar-refractivity contribution in [3.63, 3.8) is 0 Å². The van der Waals surface area contributed by atoms with Crippen LogP contribution < -0.4 is 0 Å². The van der Waals surface area contributed by atoms with E-state index in [4.69, 9.17) is 9.05 Å². The molecule has 0 radical (unpaired) electrons. The van der Waals surface area contributed by atoms with Gasteiger partial charge in [-0.1, -0.05) is 0 Å². The summed E-state index contributed by atoms with van der Waals surface area (Å²) >= 11 is -3.50. The molecule has 0 atom stereocenters. The zero-order chi connectivity index (χ0) is 11.3. The van der Waals surface area contributed by atoms with Crippen LogP contribution in [0.1, 0.15) is 31.1 Å². The van der Waals surface area contributed by atoms with Crippen molar-refractivity contribution in [3.8, 4) is 0 Å². The van der Waals surface area contributed by atoms with Crippen molar-refractivity contribution in [3.05, 3.63) is 34.9 Å². The first-order valence-corrected chi connectivity index (χ1v) is 7.39. The van der Waals surface area contributed by atoms with Gasteiger partial charge >= 0.3 is 97.7 Å². The van der Waals surface area contributed by atoms with Gasteiger partial charge in [-0.05, 0) is 0 Å². The van der Waals surface area contributed by atoms with Crippen molar-refractivity contribution in [2.75, 3.05) is 0 Å². The second kappa shape index (κ2) is 3.22. The minimum atomic E-state index is -3.50. The average molecular weight is 329 g/mol. The van der Waals surface area contributed by atoms with E-state index in [0.717, 1.165) is 0 Å². The Hall–Kier alpha value is -1.55. The predicted molar refractivity (Wildman–Crippen MR) is 48.4 cm³/mol. The molecule has 0 saturated heterocycles. The van der Waals surface area contributed by atoms with E-state index in [0.29, 0.717) is 0 Å². The molecule has 2 heterocycles. The number of benzene rings is 1. The zero-order valence-corrected chi connectivity index (χ0v) is 10.2. The fraction of sp³-hybridized carbons (Fsp3) is 0. The van der Waals surface area contributed by atoms with Gasteiger partial charge < -0.3 is 0 Å². The van der Waals surface area contributed by atoms with Crippen LogP contribution in [0.25, 0.3) is 0 Å². The predicted octanol–water partition coefficient (Wildman–Crippen LogP) is 0.169. The summed E-state index contributed by atoms with van der Waals surface area (Å²) in [5, 5.41) is 0. The van der Waals surface area contributed by atoms with Gasteiger partial charge in [0.1, 0.15) is 0 Å². The van der Waals surface area contributed by atoms with Crippen molar-refractivity contribution >= 4 is 39.4 Å². The Kier molecular flexibility index (Phi) is 1.94. The fourth-order valence-corrected chi connectivity index (χ4v) is 3.77. The third kappa shape index (κ3) is 1.30. The van der Waals surface area contributed by atoms with Crippen molar-refractivity contribution in [2.24, 2.45) is 0 Å². The Morgan fingerprint density at radius 2 is 1.44 bits per heavy atom. The molecule has 0 aliphatic carbocycles. The molecule has 0 fully saturated rings. The van der Waals surface area contributed by atoms with E-state index in [1.807, 2.05) is 0 Å². The second-order valence-electron chi connectivity index (χ2n) is 3.12. The summed E-state index contributed by atoms with van der Waals surface area (Å²) < 4.78 is 14.5. The summed E-state index contributed by atoms with van der Waals surface area (Å²) in [5.74, 6) is -1.97. The quantitative estimate of drug-likeness (QED) is 0.632. The third-order valence-electron chi connectivity index (χ3n) is 2.17. The summed E-state index contributed by atoms with van der Waals surface area (Å²) in [7, 11) is 0. The minimum absolute atomic E-state index is 0.0613. The van der Waals surface area contributed by atoms with Gasteiger partial charge in [-0.15, -0.1) is 0 Å². The van der Waals surface area contributed by atoms with E-state index >= 15 is 0 Å². The van der Waals surface area contributed by atoms with Crippen molar-refractivity contribution in [1.29, 1.82) is 0 Å². The Morgan fingerprint density at radius 1 is 0.812 bits per heavy atom. The molecule has 1 aromatic rings. The molecule has 0 unspecified atom stereocenters. The topological polar surface area (TPSA) is 78.9 Å². The van der Waals surface area contributed by atoms with Gasteiger partial charge in [0.15, 0.2) is 0 Å². The van der Waals surface area contributed by atoms with Crippen LogP contribution in [0.5, 0.6) is 0 Å². The van der Waals surface area contributed by atoms with E-state index in [1.54, 1.807) is 0 Å². The monoisotopic (exact) mass is 328 g/mol. The van der Waals surface area contributed by atoms with Crippen LogP contribution >= 0.6 is 0 Å². The molecule has 16 heavy (non-hydrogen) atoms. The molecule has 2 aliphatic heterocycles. The molecular formula is C9H3O6Sb. The molecule has 0 N–H and O–H groups in total. The Balaban J connectivity index is 2.33. The van der Waals surface area contributed by atoms with Crippen LogP contribution in [0.3, 0.4) is 0 Å². The van der Waals surface area contributed by atoms with Crippen LogP contribution in [0.4, 0.5) is 0 Å². The van der Waals surface area contributed by atoms with E-state index in [2.05, 4.69) is 0 Å². The first-order valence-electron chi connectivity index (χ1n) is 4.26. The fourth-order valence-electron chi connectivity index (χ4n) is 1.43. The van der Waals surface area contributed by atoms with Gasteiger partial charge in [0, 0.05) is 0 Å². The molecule has 0 spiro atoms. The molecule has 1 aromatic carbocycles. The molecule has 6 nitrogen and oxygen atoms in total. The van der Waals surface area contributed by atoms with Crippen LogP contribution in [-0.2, 0) is 9.05 Å². The molecular weight excluding hydrogens is 326 g/mol. The van der Waals surface area contributed by atoms with Crippen LogP contribution in [0.15, 0.2) is 18.2 Å². The number of carbonyl (C=O) groups excluding carboxylic acids is 3. The molecule has 0 saturated carbocycles. The van der Waals surface area contributed by atoms with E-state index in [9.17, 15) is 14.4 Å². The van der Waals surface area contributed by atoms with Crippen molar-refractivity contribution in [1.82, 2.24) is 0 Å². The SMILES string of the molecule is O=C1[O][Sb]2[O]C(=O)c3ccc1cc3C(=O)[O]2. The Labute approximate surface area is 97.7 Å². The summed E-state index contributed by atoms with van der Waals surface area (Å²) in [6.45, 7) is 0. The zero-order valence-electron chi connectivity index (χ0n) is 7.63. The molecule has 2 aliphatic rings. The van der Waals surface area contributed by atoms with E-state index in [1.165, 1.54) is 18.2 Å². The van der Waals surface area contributed by atoms with Gasteiger partial charge in [0.2, 0.25) is 0 Å². The summed E-state index contributed by atoms with van der Waals surface area (Å²) in [4.78, 5) is 34.6. The molecule has 3 rings (SSSR count). The number of fused-ring (bicyclic) bond motifs is 3.